The van der Waals surface area contributed by atoms with Crippen molar-refractivity contribution >= 4 is 27.8 Å². The van der Waals surface area contributed by atoms with Crippen molar-refractivity contribution in [2.75, 3.05) is 5.32 Å². The molecule has 0 radical (unpaired) electrons. The second-order valence-electron chi connectivity index (χ2n) is 3.47. The highest BCUT2D eigenvalue weighted by molar-refractivity contribution is 7.13. The van der Waals surface area contributed by atoms with Crippen molar-refractivity contribution in [1.29, 1.82) is 0 Å². The summed E-state index contributed by atoms with van der Waals surface area (Å²) in [6.07, 6.45) is 3.87. The second kappa shape index (κ2) is 5.41. The van der Waals surface area contributed by atoms with Gasteiger partial charge in [-0.2, -0.15) is 0 Å². The van der Waals surface area contributed by atoms with Crippen LogP contribution in [0.4, 0.5) is 5.13 Å². The van der Waals surface area contributed by atoms with Crippen molar-refractivity contribution in [3.8, 4) is 0 Å². The lowest BCUT2D eigenvalue weighted by Gasteiger charge is -2.12. The predicted molar refractivity (Wildman–Crippen MR) is 70.3 cm³/mol. The fourth-order valence-corrected chi connectivity index (χ4v) is 3.05. The summed E-state index contributed by atoms with van der Waals surface area (Å²) < 4.78 is 0. The number of aromatic nitrogens is 2. The SMILES string of the molecule is CCc1csc(NC(CC)c2nccs2)n1. The molecule has 0 saturated carbocycles. The van der Waals surface area contributed by atoms with E-state index in [2.05, 4.69) is 34.5 Å². The molecular weight excluding hydrogens is 238 g/mol. The molecule has 0 saturated heterocycles. The Morgan fingerprint density at radius 1 is 1.38 bits per heavy atom. The maximum absolute atomic E-state index is 4.51. The number of anilines is 1. The average Bonchev–Trinajstić information content (AvgIpc) is 2.96. The van der Waals surface area contributed by atoms with Gasteiger partial charge >= 0.3 is 0 Å². The van der Waals surface area contributed by atoms with Crippen molar-refractivity contribution in [2.24, 2.45) is 0 Å². The quantitative estimate of drug-likeness (QED) is 0.882. The van der Waals surface area contributed by atoms with E-state index in [-0.39, 0.29) is 6.04 Å². The zero-order valence-corrected chi connectivity index (χ0v) is 11.1. The Morgan fingerprint density at radius 3 is 2.81 bits per heavy atom. The lowest BCUT2D eigenvalue weighted by molar-refractivity contribution is 0.740. The van der Waals surface area contributed by atoms with Crippen molar-refractivity contribution in [3.63, 3.8) is 0 Å². The van der Waals surface area contributed by atoms with Gasteiger partial charge in [0.15, 0.2) is 5.13 Å². The van der Waals surface area contributed by atoms with Gasteiger partial charge < -0.3 is 5.32 Å². The zero-order valence-electron chi connectivity index (χ0n) is 9.43. The first kappa shape index (κ1) is 11.5. The molecule has 0 fully saturated rings. The highest BCUT2D eigenvalue weighted by Crippen LogP contribution is 2.26. The molecule has 0 aromatic carbocycles. The van der Waals surface area contributed by atoms with Crippen molar-refractivity contribution in [2.45, 2.75) is 32.7 Å². The molecule has 5 heteroatoms. The van der Waals surface area contributed by atoms with Crippen LogP contribution in [0.2, 0.25) is 0 Å². The molecule has 0 spiro atoms. The number of aryl methyl sites for hydroxylation is 1. The van der Waals surface area contributed by atoms with Gasteiger partial charge in [-0.15, -0.1) is 22.7 Å². The fourth-order valence-electron chi connectivity index (χ4n) is 1.43. The molecule has 2 aromatic heterocycles. The molecule has 2 rings (SSSR count). The molecule has 3 nitrogen and oxygen atoms in total. The van der Waals surface area contributed by atoms with Crippen LogP contribution in [0.3, 0.4) is 0 Å². The van der Waals surface area contributed by atoms with Gasteiger partial charge in [0.05, 0.1) is 11.7 Å². The summed E-state index contributed by atoms with van der Waals surface area (Å²) in [4.78, 5) is 8.85. The molecule has 0 aliphatic rings. The maximum Gasteiger partial charge on any atom is 0.183 e. The molecule has 0 aliphatic carbocycles. The second-order valence-corrected chi connectivity index (χ2v) is 5.26. The lowest BCUT2D eigenvalue weighted by Crippen LogP contribution is -2.09. The molecule has 0 bridgehead atoms. The first-order valence-electron chi connectivity index (χ1n) is 5.43. The van der Waals surface area contributed by atoms with E-state index in [1.165, 1.54) is 0 Å². The summed E-state index contributed by atoms with van der Waals surface area (Å²) in [5.74, 6) is 0. The summed E-state index contributed by atoms with van der Waals surface area (Å²) in [6, 6.07) is 0.288. The van der Waals surface area contributed by atoms with Gasteiger partial charge in [0, 0.05) is 17.0 Å². The number of nitrogens with one attached hydrogen (secondary N) is 1. The highest BCUT2D eigenvalue weighted by Gasteiger charge is 2.13. The van der Waals surface area contributed by atoms with E-state index in [9.17, 15) is 0 Å². The Labute approximate surface area is 104 Å². The van der Waals surface area contributed by atoms with Gasteiger partial charge in [-0.1, -0.05) is 13.8 Å². The van der Waals surface area contributed by atoms with Gasteiger partial charge in [-0.05, 0) is 12.8 Å². The summed E-state index contributed by atoms with van der Waals surface area (Å²) in [5, 5.41) is 9.70. The Kier molecular flexibility index (Phi) is 3.90. The van der Waals surface area contributed by atoms with E-state index in [1.807, 2.05) is 11.6 Å². The van der Waals surface area contributed by atoms with Crippen LogP contribution < -0.4 is 5.32 Å². The molecule has 16 heavy (non-hydrogen) atoms. The van der Waals surface area contributed by atoms with Crippen LogP contribution in [0.1, 0.15) is 37.0 Å². The van der Waals surface area contributed by atoms with Gasteiger partial charge in [-0.3, -0.25) is 0 Å². The van der Waals surface area contributed by atoms with Gasteiger partial charge in [0.1, 0.15) is 5.01 Å². The Balaban J connectivity index is 2.07. The monoisotopic (exact) mass is 253 g/mol. The van der Waals surface area contributed by atoms with Crippen LogP contribution in [0.15, 0.2) is 17.0 Å². The molecular formula is C11H15N3S2. The topological polar surface area (TPSA) is 37.8 Å². The summed E-state index contributed by atoms with van der Waals surface area (Å²) in [7, 11) is 0. The molecule has 1 N–H and O–H groups in total. The van der Waals surface area contributed by atoms with Crippen molar-refractivity contribution < 1.29 is 0 Å². The normalized spacial score (nSPS) is 12.6. The van der Waals surface area contributed by atoms with Crippen LogP contribution in [0.25, 0.3) is 0 Å². The molecule has 0 aliphatic heterocycles. The first-order valence-corrected chi connectivity index (χ1v) is 7.19. The minimum Gasteiger partial charge on any atom is -0.352 e. The van der Waals surface area contributed by atoms with Crippen LogP contribution in [-0.4, -0.2) is 9.97 Å². The predicted octanol–water partition coefficient (Wildman–Crippen LogP) is 3.73. The number of rotatable bonds is 5. The van der Waals surface area contributed by atoms with E-state index in [0.29, 0.717) is 0 Å². The Hall–Kier alpha value is -0.940. The molecule has 0 amide bonds. The van der Waals surface area contributed by atoms with Crippen LogP contribution in [0, 0.1) is 0 Å². The van der Waals surface area contributed by atoms with Crippen LogP contribution >= 0.6 is 22.7 Å². The summed E-state index contributed by atoms with van der Waals surface area (Å²) in [5.41, 5.74) is 1.15. The van der Waals surface area contributed by atoms with E-state index < -0.39 is 0 Å². The minimum atomic E-state index is 0.288. The molecule has 1 unspecified atom stereocenters. The van der Waals surface area contributed by atoms with Crippen molar-refractivity contribution in [3.05, 3.63) is 27.7 Å². The average molecular weight is 253 g/mol. The fraction of sp³-hybridized carbons (Fsp3) is 0.455. The Bertz CT molecular complexity index is 422. The smallest absolute Gasteiger partial charge is 0.183 e. The van der Waals surface area contributed by atoms with E-state index in [4.69, 9.17) is 0 Å². The molecule has 2 heterocycles. The van der Waals surface area contributed by atoms with E-state index in [0.717, 1.165) is 28.7 Å². The number of hydrogen-bond donors (Lipinski definition) is 1. The van der Waals surface area contributed by atoms with Crippen LogP contribution in [0.5, 0.6) is 0 Å². The highest BCUT2D eigenvalue weighted by atomic mass is 32.1. The molecule has 86 valence electrons. The lowest BCUT2D eigenvalue weighted by atomic mass is 10.2. The molecule has 2 aromatic rings. The summed E-state index contributed by atoms with van der Waals surface area (Å²) >= 11 is 3.36. The third kappa shape index (κ3) is 2.59. The third-order valence-corrected chi connectivity index (χ3v) is 4.08. The number of thiazole rings is 2. The van der Waals surface area contributed by atoms with Gasteiger partial charge in [-0.25, -0.2) is 9.97 Å². The maximum atomic E-state index is 4.51. The molecule has 1 atom stereocenters. The number of hydrogen-bond acceptors (Lipinski definition) is 5. The van der Waals surface area contributed by atoms with Crippen molar-refractivity contribution in [1.82, 2.24) is 9.97 Å². The zero-order chi connectivity index (χ0) is 11.4. The van der Waals surface area contributed by atoms with Gasteiger partial charge in [0.2, 0.25) is 0 Å². The third-order valence-electron chi connectivity index (χ3n) is 2.37. The van der Waals surface area contributed by atoms with E-state index >= 15 is 0 Å². The van der Waals surface area contributed by atoms with E-state index in [1.54, 1.807) is 22.7 Å². The first-order chi connectivity index (χ1) is 7.83. The minimum absolute atomic E-state index is 0.288. The Morgan fingerprint density at radius 2 is 2.25 bits per heavy atom. The summed E-state index contributed by atoms with van der Waals surface area (Å²) in [6.45, 7) is 4.28. The largest absolute Gasteiger partial charge is 0.352 e. The number of nitrogens with zero attached hydrogens (tertiary/aromatic N) is 2. The standard InChI is InChI=1S/C11H15N3S2/c1-3-8-7-16-11(13-8)14-9(4-2)10-12-5-6-15-10/h5-7,9H,3-4H2,1-2H3,(H,13,14). The van der Waals surface area contributed by atoms with Crippen LogP contribution in [-0.2, 0) is 6.42 Å². The van der Waals surface area contributed by atoms with Gasteiger partial charge in [0.25, 0.3) is 0 Å².